The summed E-state index contributed by atoms with van der Waals surface area (Å²) in [5, 5.41) is 0. The molecular weight excluding hydrogens is 282 g/mol. The molecule has 0 aromatic heterocycles. The Morgan fingerprint density at radius 3 is 2.33 bits per heavy atom. The molecule has 2 aromatic carbocycles. The van der Waals surface area contributed by atoms with Crippen LogP contribution in [0.4, 0.5) is 0 Å². The Bertz CT molecular complexity index is 569. The van der Waals surface area contributed by atoms with Crippen LogP contribution in [0.3, 0.4) is 0 Å². The molecule has 2 aromatic rings. The molecule has 0 aliphatic rings. The lowest BCUT2D eigenvalue weighted by molar-refractivity contribution is -0.144. The Morgan fingerprint density at radius 1 is 1.10 bits per heavy atom. The Labute approximate surface area is 129 Å². The molecule has 21 heavy (non-hydrogen) atoms. The molecule has 0 aliphatic carbocycles. The van der Waals surface area contributed by atoms with Crippen LogP contribution in [-0.2, 0) is 16.0 Å². The van der Waals surface area contributed by atoms with Gasteiger partial charge in [0.15, 0.2) is 0 Å². The zero-order valence-electron chi connectivity index (χ0n) is 12.0. The Morgan fingerprint density at radius 2 is 1.71 bits per heavy atom. The zero-order valence-corrected chi connectivity index (χ0v) is 12.8. The molecule has 0 saturated heterocycles. The Kier molecular flexibility index (Phi) is 5.84. The van der Waals surface area contributed by atoms with Crippen LogP contribution in [0.15, 0.2) is 64.4 Å². The smallest absolute Gasteiger partial charge is 0.323 e. The van der Waals surface area contributed by atoms with Crippen LogP contribution in [0.1, 0.15) is 12.5 Å². The molecule has 0 saturated carbocycles. The third-order valence-corrected chi connectivity index (χ3v) is 3.96. The van der Waals surface area contributed by atoms with Gasteiger partial charge in [0.1, 0.15) is 6.04 Å². The number of hydrogen-bond donors (Lipinski definition) is 1. The molecule has 2 N–H and O–H groups in total. The van der Waals surface area contributed by atoms with Crippen molar-refractivity contribution in [3.63, 3.8) is 0 Å². The lowest BCUT2D eigenvalue weighted by Gasteiger charge is -2.10. The molecule has 0 radical (unpaired) electrons. The van der Waals surface area contributed by atoms with E-state index in [0.29, 0.717) is 13.0 Å². The number of nitrogens with two attached hydrogens (primary N) is 1. The highest BCUT2D eigenvalue weighted by Crippen LogP contribution is 2.27. The summed E-state index contributed by atoms with van der Waals surface area (Å²) in [4.78, 5) is 13.9. The molecule has 3 nitrogen and oxygen atoms in total. The molecule has 1 atom stereocenters. The van der Waals surface area contributed by atoms with Crippen LogP contribution >= 0.6 is 11.8 Å². The van der Waals surface area contributed by atoms with Crippen molar-refractivity contribution in [2.24, 2.45) is 5.73 Å². The van der Waals surface area contributed by atoms with Crippen LogP contribution in [0.2, 0.25) is 0 Å². The maximum atomic E-state index is 11.5. The molecule has 0 heterocycles. The molecule has 4 heteroatoms. The number of rotatable bonds is 6. The van der Waals surface area contributed by atoms with Gasteiger partial charge in [-0.2, -0.15) is 0 Å². The standard InChI is InChI=1S/C17H19NO2S/c1-2-20-17(19)16(18)12-13-8-10-15(11-9-13)21-14-6-4-3-5-7-14/h3-11,16H,2,12,18H2,1H3. The van der Waals surface area contributed by atoms with Crippen LogP contribution in [-0.4, -0.2) is 18.6 Å². The van der Waals surface area contributed by atoms with E-state index in [1.54, 1.807) is 18.7 Å². The number of carbonyl (C=O) groups excluding carboxylic acids is 1. The van der Waals surface area contributed by atoms with Crippen molar-refractivity contribution in [2.75, 3.05) is 6.61 Å². The molecule has 110 valence electrons. The molecular formula is C17H19NO2S. The Hall–Kier alpha value is -1.78. The number of benzene rings is 2. The minimum absolute atomic E-state index is 0.347. The highest BCUT2D eigenvalue weighted by molar-refractivity contribution is 7.99. The van der Waals surface area contributed by atoms with Crippen LogP contribution < -0.4 is 5.73 Å². The largest absolute Gasteiger partial charge is 0.465 e. The van der Waals surface area contributed by atoms with Crippen molar-refractivity contribution in [2.45, 2.75) is 29.2 Å². The molecule has 1 unspecified atom stereocenters. The van der Waals surface area contributed by atoms with E-state index in [1.807, 2.05) is 42.5 Å². The predicted molar refractivity (Wildman–Crippen MR) is 85.3 cm³/mol. The minimum atomic E-state index is -0.599. The predicted octanol–water partition coefficient (Wildman–Crippen LogP) is 3.27. The second-order valence-corrected chi connectivity index (χ2v) is 5.77. The van der Waals surface area contributed by atoms with E-state index in [4.69, 9.17) is 10.5 Å². The van der Waals surface area contributed by atoms with Crippen molar-refractivity contribution in [1.82, 2.24) is 0 Å². The van der Waals surface area contributed by atoms with Gasteiger partial charge in [0.25, 0.3) is 0 Å². The van der Waals surface area contributed by atoms with E-state index >= 15 is 0 Å². The van der Waals surface area contributed by atoms with Crippen LogP contribution in [0.5, 0.6) is 0 Å². The van der Waals surface area contributed by atoms with Gasteiger partial charge in [-0.25, -0.2) is 0 Å². The fourth-order valence-corrected chi connectivity index (χ4v) is 2.74. The van der Waals surface area contributed by atoms with Gasteiger partial charge in [-0.05, 0) is 43.2 Å². The van der Waals surface area contributed by atoms with Crippen LogP contribution in [0, 0.1) is 0 Å². The summed E-state index contributed by atoms with van der Waals surface area (Å²) in [6.07, 6.45) is 0.495. The first-order chi connectivity index (χ1) is 10.2. The van der Waals surface area contributed by atoms with Crippen molar-refractivity contribution in [3.8, 4) is 0 Å². The third-order valence-electron chi connectivity index (χ3n) is 2.95. The molecule has 0 amide bonds. The average Bonchev–Trinajstić information content (AvgIpc) is 2.50. The van der Waals surface area contributed by atoms with E-state index in [9.17, 15) is 4.79 Å². The Balaban J connectivity index is 1.94. The lowest BCUT2D eigenvalue weighted by Crippen LogP contribution is -2.34. The second-order valence-electron chi connectivity index (χ2n) is 4.62. The summed E-state index contributed by atoms with van der Waals surface area (Å²) in [6.45, 7) is 2.14. The molecule has 0 aliphatic heterocycles. The second kappa shape index (κ2) is 7.86. The summed E-state index contributed by atoms with van der Waals surface area (Å²) in [7, 11) is 0. The third kappa shape index (κ3) is 4.92. The first-order valence-corrected chi connectivity index (χ1v) is 7.74. The van der Waals surface area contributed by atoms with Gasteiger partial charge in [-0.3, -0.25) is 4.79 Å². The number of esters is 1. The van der Waals surface area contributed by atoms with E-state index in [1.165, 1.54) is 4.90 Å². The SMILES string of the molecule is CCOC(=O)C(N)Cc1ccc(Sc2ccccc2)cc1. The normalized spacial score (nSPS) is 11.9. The van der Waals surface area contributed by atoms with E-state index in [-0.39, 0.29) is 5.97 Å². The maximum absolute atomic E-state index is 11.5. The van der Waals surface area contributed by atoms with Gasteiger partial charge in [0.05, 0.1) is 6.61 Å². The van der Waals surface area contributed by atoms with Crippen molar-refractivity contribution in [3.05, 3.63) is 60.2 Å². The molecule has 0 spiro atoms. The first-order valence-electron chi connectivity index (χ1n) is 6.93. The summed E-state index contributed by atoms with van der Waals surface area (Å²) in [5.74, 6) is -0.347. The van der Waals surface area contributed by atoms with E-state index in [0.717, 1.165) is 10.5 Å². The first kappa shape index (κ1) is 15.6. The number of carbonyl (C=O) groups is 1. The fourth-order valence-electron chi connectivity index (χ4n) is 1.90. The summed E-state index contributed by atoms with van der Waals surface area (Å²) in [5.41, 5.74) is 6.85. The van der Waals surface area contributed by atoms with Crippen molar-refractivity contribution >= 4 is 17.7 Å². The fraction of sp³-hybridized carbons (Fsp3) is 0.235. The quantitative estimate of drug-likeness (QED) is 0.832. The number of ether oxygens (including phenoxy) is 1. The van der Waals surface area contributed by atoms with Gasteiger partial charge < -0.3 is 10.5 Å². The van der Waals surface area contributed by atoms with E-state index < -0.39 is 6.04 Å². The van der Waals surface area contributed by atoms with Crippen molar-refractivity contribution in [1.29, 1.82) is 0 Å². The van der Waals surface area contributed by atoms with Gasteiger partial charge in [0, 0.05) is 9.79 Å². The van der Waals surface area contributed by atoms with Gasteiger partial charge in [-0.15, -0.1) is 0 Å². The average molecular weight is 301 g/mol. The van der Waals surface area contributed by atoms with Crippen molar-refractivity contribution < 1.29 is 9.53 Å². The van der Waals surface area contributed by atoms with Gasteiger partial charge >= 0.3 is 5.97 Å². The van der Waals surface area contributed by atoms with Crippen LogP contribution in [0.25, 0.3) is 0 Å². The maximum Gasteiger partial charge on any atom is 0.323 e. The zero-order chi connectivity index (χ0) is 15.1. The minimum Gasteiger partial charge on any atom is -0.465 e. The highest BCUT2D eigenvalue weighted by atomic mass is 32.2. The summed E-state index contributed by atoms with van der Waals surface area (Å²) in [6, 6.07) is 17.7. The topological polar surface area (TPSA) is 52.3 Å². The van der Waals surface area contributed by atoms with Gasteiger partial charge in [-0.1, -0.05) is 42.1 Å². The summed E-state index contributed by atoms with van der Waals surface area (Å²) < 4.78 is 4.91. The molecule has 0 bridgehead atoms. The summed E-state index contributed by atoms with van der Waals surface area (Å²) >= 11 is 1.71. The lowest BCUT2D eigenvalue weighted by atomic mass is 10.1. The monoisotopic (exact) mass is 301 g/mol. The molecule has 0 fully saturated rings. The molecule has 2 rings (SSSR count). The van der Waals surface area contributed by atoms with Gasteiger partial charge in [0.2, 0.25) is 0 Å². The number of hydrogen-bond acceptors (Lipinski definition) is 4. The highest BCUT2D eigenvalue weighted by Gasteiger charge is 2.14. The van der Waals surface area contributed by atoms with E-state index in [2.05, 4.69) is 12.1 Å².